The molecule has 2 fully saturated rings. The Morgan fingerprint density at radius 3 is 2.76 bits per heavy atom. The van der Waals surface area contributed by atoms with Gasteiger partial charge in [-0.3, -0.25) is 4.79 Å². The van der Waals surface area contributed by atoms with Crippen LogP contribution in [-0.4, -0.2) is 56.8 Å². The highest BCUT2D eigenvalue weighted by Crippen LogP contribution is 2.47. The van der Waals surface area contributed by atoms with Crippen LogP contribution in [0.25, 0.3) is 44.1 Å². The molecular weight excluding hydrogens is 539 g/mol. The fourth-order valence-electron chi connectivity index (χ4n) is 6.98. The van der Waals surface area contributed by atoms with Crippen molar-refractivity contribution in [2.45, 2.75) is 18.9 Å². The largest absolute Gasteiger partial charge is 0.477 e. The van der Waals surface area contributed by atoms with Gasteiger partial charge >= 0.3 is 5.97 Å². The third-order valence-electron chi connectivity index (χ3n) is 8.99. The van der Waals surface area contributed by atoms with Crippen LogP contribution in [0.2, 0.25) is 0 Å². The number of anilines is 2. The first-order valence-electron chi connectivity index (χ1n) is 13.7. The van der Waals surface area contributed by atoms with Gasteiger partial charge in [0.15, 0.2) is 0 Å². The van der Waals surface area contributed by atoms with Crippen LogP contribution in [0.4, 0.5) is 15.8 Å². The van der Waals surface area contributed by atoms with Gasteiger partial charge in [-0.1, -0.05) is 0 Å². The molecule has 11 nitrogen and oxygen atoms in total. The zero-order chi connectivity index (χ0) is 29.4. The number of fused-ring (bicyclic) bond motifs is 5. The maximum absolute atomic E-state index is 15.3. The van der Waals surface area contributed by atoms with Crippen LogP contribution in [-0.2, 0) is 7.05 Å². The third kappa shape index (κ3) is 3.60. The van der Waals surface area contributed by atoms with Crippen LogP contribution in [0, 0.1) is 29.0 Å². The summed E-state index contributed by atoms with van der Waals surface area (Å²) in [6.45, 7) is 1.39. The summed E-state index contributed by atoms with van der Waals surface area (Å²) in [6, 6.07) is 5.04. The Balaban J connectivity index is 1.57. The Labute approximate surface area is 238 Å². The lowest BCUT2D eigenvalue weighted by atomic mass is 9.98. The summed E-state index contributed by atoms with van der Waals surface area (Å²) in [5, 5.41) is 23.8. The van der Waals surface area contributed by atoms with Gasteiger partial charge in [0.25, 0.3) is 0 Å². The monoisotopic (exact) mass is 566 g/mol. The molecule has 2 unspecified atom stereocenters. The normalized spacial score (nSPS) is 20.0. The molecule has 1 saturated carbocycles. The number of rotatable bonds is 4. The molecule has 3 atom stereocenters. The maximum Gasteiger partial charge on any atom is 0.341 e. The average Bonchev–Trinajstić information content (AvgIpc) is 3.68. The van der Waals surface area contributed by atoms with Crippen molar-refractivity contribution >= 4 is 50.3 Å². The van der Waals surface area contributed by atoms with Gasteiger partial charge in [-0.2, -0.15) is 5.26 Å². The summed E-state index contributed by atoms with van der Waals surface area (Å²) >= 11 is 0. The number of aryl methyl sites for hydroxylation is 1. The molecular formula is C30H27FN8O3. The molecule has 2 aliphatic rings. The van der Waals surface area contributed by atoms with Crippen molar-refractivity contribution < 1.29 is 14.3 Å². The number of nitriles is 1. The predicted octanol–water partition coefficient (Wildman–Crippen LogP) is 3.55. The zero-order valence-corrected chi connectivity index (χ0v) is 22.9. The van der Waals surface area contributed by atoms with Crippen molar-refractivity contribution in [1.82, 2.24) is 19.5 Å². The van der Waals surface area contributed by atoms with Crippen molar-refractivity contribution in [3.8, 4) is 17.2 Å². The molecule has 12 heteroatoms. The van der Waals surface area contributed by atoms with Gasteiger partial charge in [-0.05, 0) is 30.7 Å². The topological polar surface area (TPSA) is 166 Å². The van der Waals surface area contributed by atoms with Gasteiger partial charge in [0.1, 0.15) is 28.7 Å². The molecule has 0 amide bonds. The lowest BCUT2D eigenvalue weighted by molar-refractivity contribution is 0.0695. The van der Waals surface area contributed by atoms with E-state index in [4.69, 9.17) is 5.73 Å². The zero-order valence-electron chi connectivity index (χ0n) is 22.9. The van der Waals surface area contributed by atoms with Crippen molar-refractivity contribution in [2.24, 2.45) is 24.6 Å². The average molecular weight is 567 g/mol. The Hall–Kier alpha value is -5.02. The first kappa shape index (κ1) is 25.9. The molecule has 212 valence electrons. The molecule has 4 aromatic heterocycles. The van der Waals surface area contributed by atoms with E-state index in [9.17, 15) is 20.0 Å². The van der Waals surface area contributed by atoms with E-state index in [1.165, 1.54) is 16.8 Å². The smallest absolute Gasteiger partial charge is 0.341 e. The number of hydrogen-bond acceptors (Lipinski definition) is 8. The number of carboxylic acids is 1. The van der Waals surface area contributed by atoms with E-state index in [1.807, 2.05) is 6.07 Å². The van der Waals surface area contributed by atoms with E-state index in [1.54, 1.807) is 32.6 Å². The Kier molecular flexibility index (Phi) is 5.71. The molecule has 1 aromatic carbocycles. The molecule has 0 radical (unpaired) electrons. The van der Waals surface area contributed by atoms with E-state index in [0.717, 1.165) is 25.1 Å². The number of aromatic amines is 1. The molecule has 5 heterocycles. The van der Waals surface area contributed by atoms with E-state index in [0.29, 0.717) is 56.9 Å². The summed E-state index contributed by atoms with van der Waals surface area (Å²) in [5.74, 6) is -1.30. The molecule has 42 heavy (non-hydrogen) atoms. The summed E-state index contributed by atoms with van der Waals surface area (Å²) in [7, 11) is 3.32. The van der Waals surface area contributed by atoms with Crippen LogP contribution in [0.1, 0.15) is 28.8 Å². The van der Waals surface area contributed by atoms with E-state index < -0.39 is 17.2 Å². The van der Waals surface area contributed by atoms with E-state index in [2.05, 4.69) is 25.2 Å². The first-order chi connectivity index (χ1) is 20.2. The number of nitrogens with zero attached hydrogens (tertiary/aromatic N) is 5. The third-order valence-corrected chi connectivity index (χ3v) is 8.99. The van der Waals surface area contributed by atoms with Gasteiger partial charge in [0, 0.05) is 74.4 Å². The number of hydrogen-bond donors (Lipinski definition) is 4. The second-order valence-corrected chi connectivity index (χ2v) is 11.2. The second-order valence-electron chi connectivity index (χ2n) is 11.2. The Bertz CT molecular complexity index is 2080. The van der Waals surface area contributed by atoms with Gasteiger partial charge in [-0.25, -0.2) is 19.2 Å². The number of pyridine rings is 3. The molecule has 5 N–H and O–H groups in total. The van der Waals surface area contributed by atoms with Crippen molar-refractivity contribution in [3.05, 3.63) is 57.9 Å². The minimum Gasteiger partial charge on any atom is -0.477 e. The van der Waals surface area contributed by atoms with Crippen LogP contribution in [0.5, 0.6) is 0 Å². The summed E-state index contributed by atoms with van der Waals surface area (Å²) in [6.07, 6.45) is 6.53. The standard InChI is InChI=1S/C30H27FN8O3/c1-34-22-6-20(31)16(7-32)23-24-26(39-10-13-3-4-21(33)18(13)12-39)17(9-35-28(24)37-25(22)23)14-5-15-27(40)19(30(41)42)11-38(2)29(15)36-8-14/h5-6,8-9,11,13,18,21,34H,3-4,10,12,33H2,1-2H3,(H,35,37)(H,41,42)/t13?,18?,21-/m1/s1. The maximum atomic E-state index is 15.3. The Morgan fingerprint density at radius 1 is 1.24 bits per heavy atom. The molecule has 7 rings (SSSR count). The summed E-state index contributed by atoms with van der Waals surface area (Å²) < 4.78 is 16.8. The van der Waals surface area contributed by atoms with Crippen LogP contribution < -0.4 is 21.4 Å². The fourth-order valence-corrected chi connectivity index (χ4v) is 6.98. The molecule has 0 spiro atoms. The number of aromatic nitrogens is 4. The van der Waals surface area contributed by atoms with Gasteiger partial charge in [0.05, 0.1) is 33.2 Å². The highest BCUT2D eigenvalue weighted by atomic mass is 19.1. The molecule has 1 saturated heterocycles. The van der Waals surface area contributed by atoms with Crippen LogP contribution in [0.15, 0.2) is 35.5 Å². The quantitative estimate of drug-likeness (QED) is 0.254. The summed E-state index contributed by atoms with van der Waals surface area (Å²) in [5.41, 5.74) is 9.19. The van der Waals surface area contributed by atoms with Crippen LogP contribution >= 0.6 is 0 Å². The first-order valence-corrected chi connectivity index (χ1v) is 13.7. The summed E-state index contributed by atoms with van der Waals surface area (Å²) in [4.78, 5) is 39.7. The van der Waals surface area contributed by atoms with Gasteiger partial charge in [0.2, 0.25) is 5.43 Å². The number of H-pyrrole nitrogens is 1. The lowest BCUT2D eigenvalue weighted by Crippen LogP contribution is -2.30. The van der Waals surface area contributed by atoms with Gasteiger partial charge < -0.3 is 30.6 Å². The predicted molar refractivity (Wildman–Crippen MR) is 157 cm³/mol. The van der Waals surface area contributed by atoms with E-state index >= 15 is 4.39 Å². The number of carboxylic acid groups (broad SMARTS) is 1. The second kappa shape index (κ2) is 9.25. The van der Waals surface area contributed by atoms with Crippen LogP contribution in [0.3, 0.4) is 0 Å². The molecule has 0 bridgehead atoms. The molecule has 5 aromatic rings. The number of halogens is 1. The minimum atomic E-state index is -1.32. The van der Waals surface area contributed by atoms with Crippen molar-refractivity contribution in [1.29, 1.82) is 5.26 Å². The minimum absolute atomic E-state index is 0.0755. The molecule has 1 aliphatic carbocycles. The Morgan fingerprint density at radius 2 is 2.05 bits per heavy atom. The highest BCUT2D eigenvalue weighted by Gasteiger charge is 2.42. The molecule has 1 aliphatic heterocycles. The lowest BCUT2D eigenvalue weighted by Gasteiger charge is -2.25. The van der Waals surface area contributed by atoms with Gasteiger partial charge in [-0.15, -0.1) is 0 Å². The SMILES string of the molecule is CNc1cc(F)c(C#N)c2c1[nH]c1ncc(-c3cnc4c(c3)c(=O)c(C(=O)O)cn4C)c(N3CC4CC[C@@H](N)C4C3)c12. The highest BCUT2D eigenvalue weighted by molar-refractivity contribution is 6.19. The number of nitrogens with one attached hydrogen (secondary N) is 2. The number of nitrogens with two attached hydrogens (primary N) is 1. The fraction of sp³-hybridized carbons (Fsp3) is 0.300. The van der Waals surface area contributed by atoms with E-state index in [-0.39, 0.29) is 28.5 Å². The number of carbonyl (C=O) groups is 1. The van der Waals surface area contributed by atoms with Crippen molar-refractivity contribution in [2.75, 3.05) is 30.4 Å². The number of aromatic carboxylic acids is 1. The van der Waals surface area contributed by atoms with Crippen molar-refractivity contribution in [3.63, 3.8) is 0 Å². The number of benzene rings is 1.